The Labute approximate surface area is 183 Å². The predicted octanol–water partition coefficient (Wildman–Crippen LogP) is 7.55. The highest BCUT2D eigenvalue weighted by Gasteiger charge is 2.33. The molecule has 0 saturated carbocycles. The minimum Gasteiger partial charge on any atom is -0.457 e. The van der Waals surface area contributed by atoms with Crippen molar-refractivity contribution in [3.63, 3.8) is 0 Å². The van der Waals surface area contributed by atoms with Gasteiger partial charge in [0.05, 0.1) is 0 Å². The Kier molecular flexibility index (Phi) is 6.02. The van der Waals surface area contributed by atoms with Gasteiger partial charge in [-0.2, -0.15) is 0 Å². The Morgan fingerprint density at radius 1 is 0.667 bits per heavy atom. The van der Waals surface area contributed by atoms with Crippen molar-refractivity contribution in [2.75, 3.05) is 0 Å². The summed E-state index contributed by atoms with van der Waals surface area (Å²) in [4.78, 5) is -0.773. The lowest BCUT2D eigenvalue weighted by Gasteiger charge is -2.29. The molecule has 148 valence electrons. The van der Waals surface area contributed by atoms with Gasteiger partial charge in [0.25, 0.3) is 0 Å². The van der Waals surface area contributed by atoms with Crippen molar-refractivity contribution in [1.82, 2.24) is 0 Å². The van der Waals surface area contributed by atoms with E-state index in [0.717, 1.165) is 33.8 Å². The van der Waals surface area contributed by atoms with Gasteiger partial charge in [0.15, 0.2) is 0 Å². The molecule has 0 amide bonds. The molecule has 2 heteroatoms. The maximum absolute atomic E-state index is 7.34. The normalized spacial score (nSPS) is 13.8. The van der Waals surface area contributed by atoms with Crippen molar-refractivity contribution >= 4 is 11.6 Å². The van der Waals surface area contributed by atoms with Crippen LogP contribution in [0.5, 0.6) is 5.75 Å². The van der Waals surface area contributed by atoms with Crippen LogP contribution in [-0.4, -0.2) is 0 Å². The minimum atomic E-state index is -0.773. The van der Waals surface area contributed by atoms with Crippen molar-refractivity contribution in [3.05, 3.63) is 149 Å². The van der Waals surface area contributed by atoms with Gasteiger partial charge in [0.1, 0.15) is 16.4 Å². The molecular weight excluding hydrogens is 388 g/mol. The van der Waals surface area contributed by atoms with Gasteiger partial charge in [0.2, 0.25) is 0 Å². The summed E-state index contributed by atoms with van der Waals surface area (Å²) in [7, 11) is 0. The second kappa shape index (κ2) is 9.02. The van der Waals surface area contributed by atoms with E-state index in [4.69, 9.17) is 16.3 Å². The summed E-state index contributed by atoms with van der Waals surface area (Å²) in [5, 5.41) is 0. The van der Waals surface area contributed by atoms with E-state index in [0.29, 0.717) is 0 Å². The van der Waals surface area contributed by atoms with E-state index in [-0.39, 0.29) is 0 Å². The van der Waals surface area contributed by atoms with E-state index < -0.39 is 4.87 Å². The van der Waals surface area contributed by atoms with E-state index in [2.05, 4.69) is 37.3 Å². The number of alkyl halides is 1. The molecule has 0 fully saturated rings. The van der Waals surface area contributed by atoms with Crippen LogP contribution in [0.25, 0.3) is 0 Å². The number of hydrogen-bond acceptors (Lipinski definition) is 1. The zero-order valence-corrected chi connectivity index (χ0v) is 17.6. The summed E-state index contributed by atoms with van der Waals surface area (Å²) >= 11 is 7.34. The van der Waals surface area contributed by atoms with Gasteiger partial charge in [-0.1, -0.05) is 97.1 Å². The van der Waals surface area contributed by atoms with E-state index in [9.17, 15) is 0 Å². The van der Waals surface area contributed by atoms with E-state index in [1.807, 2.05) is 91.0 Å². The first kappa shape index (κ1) is 20.0. The van der Waals surface area contributed by atoms with E-state index in [1.165, 1.54) is 0 Å². The van der Waals surface area contributed by atoms with Crippen molar-refractivity contribution < 1.29 is 4.74 Å². The molecule has 0 spiro atoms. The topological polar surface area (TPSA) is 9.23 Å². The highest BCUT2D eigenvalue weighted by Crippen LogP contribution is 2.43. The predicted molar refractivity (Wildman–Crippen MR) is 126 cm³/mol. The van der Waals surface area contributed by atoms with Gasteiger partial charge < -0.3 is 4.74 Å². The highest BCUT2D eigenvalue weighted by atomic mass is 35.5. The first-order chi connectivity index (χ1) is 14.7. The molecule has 4 rings (SSSR count). The maximum atomic E-state index is 7.34. The summed E-state index contributed by atoms with van der Waals surface area (Å²) < 4.78 is 6.10. The van der Waals surface area contributed by atoms with Crippen molar-refractivity contribution in [2.45, 2.75) is 11.8 Å². The van der Waals surface area contributed by atoms with E-state index >= 15 is 0 Å². The lowest BCUT2D eigenvalue weighted by Crippen LogP contribution is -2.22. The van der Waals surface area contributed by atoms with Crippen molar-refractivity contribution in [1.29, 1.82) is 0 Å². The molecule has 3 aromatic rings. The fourth-order valence-corrected chi connectivity index (χ4v) is 3.91. The first-order valence-corrected chi connectivity index (χ1v) is 10.4. The van der Waals surface area contributed by atoms with Crippen LogP contribution in [0.15, 0.2) is 133 Å². The zero-order valence-electron chi connectivity index (χ0n) is 16.8. The summed E-state index contributed by atoms with van der Waals surface area (Å²) in [6, 6.07) is 28.4. The number of benzene rings is 3. The van der Waals surface area contributed by atoms with Gasteiger partial charge in [-0.05, 0) is 53.5 Å². The third kappa shape index (κ3) is 4.32. The molecule has 0 unspecified atom stereocenters. The largest absolute Gasteiger partial charge is 0.457 e. The van der Waals surface area contributed by atoms with Crippen LogP contribution < -0.4 is 4.74 Å². The number of allylic oxidation sites excluding steroid dienone is 7. The Bertz CT molecular complexity index is 1060. The lowest BCUT2D eigenvalue weighted by atomic mass is 9.84. The molecule has 0 N–H and O–H groups in total. The number of halogens is 1. The molecular formula is C28H23ClO. The lowest BCUT2D eigenvalue weighted by molar-refractivity contribution is 0.443. The average Bonchev–Trinajstić information content (AvgIpc) is 2.78. The Balaban J connectivity index is 1.68. The summed E-state index contributed by atoms with van der Waals surface area (Å²) in [5.74, 6) is 1.57. The molecule has 0 aliphatic heterocycles. The van der Waals surface area contributed by atoms with Crippen molar-refractivity contribution in [3.8, 4) is 5.75 Å². The maximum Gasteiger partial charge on any atom is 0.127 e. The Morgan fingerprint density at radius 3 is 1.83 bits per heavy atom. The second-order valence-corrected chi connectivity index (χ2v) is 7.79. The van der Waals surface area contributed by atoms with Crippen LogP contribution >= 0.6 is 11.6 Å². The van der Waals surface area contributed by atoms with Gasteiger partial charge in [-0.3, -0.25) is 0 Å². The molecule has 1 nitrogen and oxygen atoms in total. The molecule has 0 atom stereocenters. The molecule has 0 heterocycles. The third-order valence-electron chi connectivity index (χ3n) is 5.04. The van der Waals surface area contributed by atoms with Crippen LogP contribution in [-0.2, 0) is 4.87 Å². The molecule has 1 aliphatic carbocycles. The summed E-state index contributed by atoms with van der Waals surface area (Å²) in [6.07, 6.45) is 12.0. The SMILES string of the molecule is CC1=CC=CC=CC(Oc2ccc(C(Cl)(c3ccccc3)c3ccccc3)cc2)=C1. The monoisotopic (exact) mass is 410 g/mol. The van der Waals surface area contributed by atoms with Crippen LogP contribution in [0.1, 0.15) is 23.6 Å². The summed E-state index contributed by atoms with van der Waals surface area (Å²) in [6.45, 7) is 2.05. The highest BCUT2D eigenvalue weighted by molar-refractivity contribution is 6.28. The van der Waals surface area contributed by atoms with Gasteiger partial charge in [-0.15, -0.1) is 11.6 Å². The van der Waals surface area contributed by atoms with Gasteiger partial charge in [0, 0.05) is 0 Å². The molecule has 3 aromatic carbocycles. The fourth-order valence-electron chi connectivity index (χ4n) is 3.53. The number of ether oxygens (including phenoxy) is 1. The molecule has 0 saturated heterocycles. The van der Waals surface area contributed by atoms with E-state index in [1.54, 1.807) is 0 Å². The number of rotatable bonds is 5. The number of hydrogen-bond donors (Lipinski definition) is 0. The average molecular weight is 411 g/mol. The minimum absolute atomic E-state index is 0.771. The zero-order chi connectivity index (χ0) is 20.8. The smallest absolute Gasteiger partial charge is 0.127 e. The standard InChI is InChI=1S/C28H23ClO/c1-22-11-5-2-10-16-27(21-22)30-26-19-17-25(18-20-26)28(29,23-12-6-3-7-13-23)24-14-8-4-9-15-24/h2-21H,1H3. The van der Waals surface area contributed by atoms with Crippen LogP contribution in [0.4, 0.5) is 0 Å². The van der Waals surface area contributed by atoms with Crippen LogP contribution in [0.2, 0.25) is 0 Å². The molecule has 30 heavy (non-hydrogen) atoms. The third-order valence-corrected chi connectivity index (χ3v) is 5.70. The second-order valence-electron chi connectivity index (χ2n) is 7.22. The summed E-state index contributed by atoms with van der Waals surface area (Å²) in [5.41, 5.74) is 4.19. The molecule has 0 aromatic heterocycles. The van der Waals surface area contributed by atoms with Gasteiger partial charge in [-0.25, -0.2) is 0 Å². The van der Waals surface area contributed by atoms with Crippen LogP contribution in [0, 0.1) is 0 Å². The molecule has 0 radical (unpaired) electrons. The van der Waals surface area contributed by atoms with Crippen molar-refractivity contribution in [2.24, 2.45) is 0 Å². The van der Waals surface area contributed by atoms with Gasteiger partial charge >= 0.3 is 0 Å². The first-order valence-electron chi connectivity index (χ1n) is 9.98. The molecule has 1 aliphatic rings. The Morgan fingerprint density at radius 2 is 1.23 bits per heavy atom. The fraction of sp³-hybridized carbons (Fsp3) is 0.0714. The van der Waals surface area contributed by atoms with Crippen LogP contribution in [0.3, 0.4) is 0 Å². The Hall–Kier alpha value is -3.29. The quantitative estimate of drug-likeness (QED) is 0.311. The molecule has 0 bridgehead atoms.